The number of carboxylic acids is 1. The molecule has 1 fully saturated rings. The van der Waals surface area contributed by atoms with Crippen molar-refractivity contribution in [3.8, 4) is 0 Å². The molecule has 0 radical (unpaired) electrons. The van der Waals surface area contributed by atoms with Crippen LogP contribution in [0.5, 0.6) is 0 Å². The quantitative estimate of drug-likeness (QED) is 0.744. The van der Waals surface area contributed by atoms with Gasteiger partial charge in [0.05, 0.1) is 0 Å². The van der Waals surface area contributed by atoms with Crippen molar-refractivity contribution in [1.82, 2.24) is 4.90 Å². The predicted octanol–water partition coefficient (Wildman–Crippen LogP) is 1.30. The highest BCUT2D eigenvalue weighted by Gasteiger charge is 2.33. The molecule has 3 N–H and O–H groups in total. The molecule has 0 aromatic heterocycles. The van der Waals surface area contributed by atoms with Crippen molar-refractivity contribution in [3.05, 3.63) is 0 Å². The average molecular weight is 228 g/mol. The molecule has 0 saturated heterocycles. The van der Waals surface area contributed by atoms with Gasteiger partial charge in [-0.15, -0.1) is 0 Å². The maximum atomic E-state index is 11.1. The predicted molar refractivity (Wildman–Crippen MR) is 64.3 cm³/mol. The normalized spacial score (nSPS) is 28.0. The first-order valence-electron chi connectivity index (χ1n) is 6.30. The Morgan fingerprint density at radius 3 is 2.62 bits per heavy atom. The molecular weight excluding hydrogens is 204 g/mol. The van der Waals surface area contributed by atoms with Gasteiger partial charge in [-0.2, -0.15) is 0 Å². The zero-order valence-electron chi connectivity index (χ0n) is 10.4. The summed E-state index contributed by atoms with van der Waals surface area (Å²) in [6.07, 6.45) is 4.67. The third-order valence-corrected chi connectivity index (χ3v) is 3.82. The fraction of sp³-hybridized carbons (Fsp3) is 0.917. The SMILES string of the molecule is CCN(C(C)C(=O)O)C1CCCCC1CN. The molecule has 3 unspecified atom stereocenters. The summed E-state index contributed by atoms with van der Waals surface area (Å²) in [6, 6.07) is -0.0444. The number of hydrogen-bond donors (Lipinski definition) is 2. The monoisotopic (exact) mass is 228 g/mol. The molecule has 0 spiro atoms. The third kappa shape index (κ3) is 2.95. The first kappa shape index (κ1) is 13.5. The van der Waals surface area contributed by atoms with Crippen LogP contribution in [-0.4, -0.2) is 41.1 Å². The number of carbonyl (C=O) groups is 1. The van der Waals surface area contributed by atoms with Crippen molar-refractivity contribution in [2.24, 2.45) is 11.7 Å². The molecule has 0 aliphatic heterocycles. The number of likely N-dealkylation sites (N-methyl/N-ethyl adjacent to an activating group) is 1. The standard InChI is InChI=1S/C12H24N2O2/c1-3-14(9(2)12(15)16)11-7-5-4-6-10(11)8-13/h9-11H,3-8,13H2,1-2H3,(H,15,16). The molecule has 0 heterocycles. The molecule has 0 aromatic rings. The molecule has 1 aliphatic carbocycles. The Morgan fingerprint density at radius 1 is 1.50 bits per heavy atom. The van der Waals surface area contributed by atoms with E-state index in [0.717, 1.165) is 19.4 Å². The summed E-state index contributed by atoms with van der Waals surface area (Å²) in [5, 5.41) is 9.10. The van der Waals surface area contributed by atoms with E-state index in [2.05, 4.69) is 4.90 Å². The number of nitrogens with zero attached hydrogens (tertiary/aromatic N) is 1. The molecule has 1 saturated carbocycles. The molecule has 0 amide bonds. The van der Waals surface area contributed by atoms with Gasteiger partial charge in [-0.1, -0.05) is 19.8 Å². The number of carboxylic acid groups (broad SMARTS) is 1. The van der Waals surface area contributed by atoms with E-state index >= 15 is 0 Å². The van der Waals surface area contributed by atoms with Gasteiger partial charge in [0.1, 0.15) is 6.04 Å². The lowest BCUT2D eigenvalue weighted by Crippen LogP contribution is -2.51. The highest BCUT2D eigenvalue weighted by Crippen LogP contribution is 2.28. The molecular formula is C12H24N2O2. The van der Waals surface area contributed by atoms with Crippen molar-refractivity contribution in [3.63, 3.8) is 0 Å². The summed E-state index contributed by atoms with van der Waals surface area (Å²) in [5.74, 6) is -0.265. The summed E-state index contributed by atoms with van der Waals surface area (Å²) in [6.45, 7) is 5.26. The summed E-state index contributed by atoms with van der Waals surface area (Å²) in [4.78, 5) is 13.2. The number of rotatable bonds is 5. The second-order valence-corrected chi connectivity index (χ2v) is 4.69. The Hall–Kier alpha value is -0.610. The number of nitrogens with two attached hydrogens (primary N) is 1. The Kier molecular flexibility index (Phi) is 5.22. The average Bonchev–Trinajstić information content (AvgIpc) is 2.30. The molecule has 4 heteroatoms. The molecule has 4 nitrogen and oxygen atoms in total. The van der Waals surface area contributed by atoms with Gasteiger partial charge in [0.15, 0.2) is 0 Å². The van der Waals surface area contributed by atoms with Crippen molar-refractivity contribution < 1.29 is 9.90 Å². The van der Waals surface area contributed by atoms with E-state index in [1.807, 2.05) is 6.92 Å². The van der Waals surface area contributed by atoms with Gasteiger partial charge in [0.25, 0.3) is 0 Å². The molecule has 0 bridgehead atoms. The molecule has 16 heavy (non-hydrogen) atoms. The number of hydrogen-bond acceptors (Lipinski definition) is 3. The minimum Gasteiger partial charge on any atom is -0.480 e. The van der Waals surface area contributed by atoms with Gasteiger partial charge in [0, 0.05) is 6.04 Å². The summed E-state index contributed by atoms with van der Waals surface area (Å²) >= 11 is 0. The highest BCUT2D eigenvalue weighted by atomic mass is 16.4. The van der Waals surface area contributed by atoms with Crippen LogP contribution in [0.15, 0.2) is 0 Å². The molecule has 3 atom stereocenters. The Bertz CT molecular complexity index is 233. The maximum absolute atomic E-state index is 11.1. The zero-order chi connectivity index (χ0) is 12.1. The first-order valence-corrected chi connectivity index (χ1v) is 6.30. The topological polar surface area (TPSA) is 66.6 Å². The minimum absolute atomic E-state index is 0.356. The first-order chi connectivity index (χ1) is 7.61. The van der Waals surface area contributed by atoms with E-state index in [1.54, 1.807) is 6.92 Å². The van der Waals surface area contributed by atoms with Crippen LogP contribution in [0, 0.1) is 5.92 Å². The van der Waals surface area contributed by atoms with E-state index in [4.69, 9.17) is 10.8 Å². The van der Waals surface area contributed by atoms with Gasteiger partial charge in [0.2, 0.25) is 0 Å². The Labute approximate surface area is 97.8 Å². The van der Waals surface area contributed by atoms with Crippen molar-refractivity contribution in [2.75, 3.05) is 13.1 Å². The van der Waals surface area contributed by atoms with E-state index in [9.17, 15) is 4.79 Å². The van der Waals surface area contributed by atoms with Gasteiger partial charge in [-0.3, -0.25) is 9.69 Å². The minimum atomic E-state index is -0.733. The van der Waals surface area contributed by atoms with E-state index < -0.39 is 12.0 Å². The second-order valence-electron chi connectivity index (χ2n) is 4.69. The lowest BCUT2D eigenvalue weighted by Gasteiger charge is -2.41. The molecule has 94 valence electrons. The smallest absolute Gasteiger partial charge is 0.320 e. The van der Waals surface area contributed by atoms with Crippen LogP contribution in [0.3, 0.4) is 0 Å². The van der Waals surface area contributed by atoms with Crippen LogP contribution in [0.1, 0.15) is 39.5 Å². The van der Waals surface area contributed by atoms with Gasteiger partial charge < -0.3 is 10.8 Å². The van der Waals surface area contributed by atoms with E-state index in [1.165, 1.54) is 12.8 Å². The second kappa shape index (κ2) is 6.21. The fourth-order valence-electron chi connectivity index (χ4n) is 2.84. The van der Waals surface area contributed by atoms with Crippen LogP contribution in [-0.2, 0) is 4.79 Å². The van der Waals surface area contributed by atoms with Crippen molar-refractivity contribution in [1.29, 1.82) is 0 Å². The largest absolute Gasteiger partial charge is 0.480 e. The van der Waals surface area contributed by atoms with Crippen LogP contribution in [0.4, 0.5) is 0 Å². The summed E-state index contributed by atoms with van der Waals surface area (Å²) in [7, 11) is 0. The third-order valence-electron chi connectivity index (χ3n) is 3.82. The fourth-order valence-corrected chi connectivity index (χ4v) is 2.84. The zero-order valence-corrected chi connectivity index (χ0v) is 10.4. The summed E-state index contributed by atoms with van der Waals surface area (Å²) < 4.78 is 0. The Morgan fingerprint density at radius 2 is 2.12 bits per heavy atom. The van der Waals surface area contributed by atoms with Gasteiger partial charge in [-0.05, 0) is 38.8 Å². The lowest BCUT2D eigenvalue weighted by molar-refractivity contribution is -0.144. The van der Waals surface area contributed by atoms with E-state index in [-0.39, 0.29) is 0 Å². The number of aliphatic carboxylic acids is 1. The lowest BCUT2D eigenvalue weighted by atomic mass is 9.83. The van der Waals surface area contributed by atoms with Crippen LogP contribution in [0.2, 0.25) is 0 Å². The van der Waals surface area contributed by atoms with Gasteiger partial charge in [-0.25, -0.2) is 0 Å². The van der Waals surface area contributed by atoms with Gasteiger partial charge >= 0.3 is 5.97 Å². The molecule has 1 rings (SSSR count). The van der Waals surface area contributed by atoms with E-state index in [0.29, 0.717) is 18.5 Å². The van der Waals surface area contributed by atoms with Crippen molar-refractivity contribution >= 4 is 5.97 Å². The van der Waals surface area contributed by atoms with Crippen LogP contribution < -0.4 is 5.73 Å². The molecule has 0 aromatic carbocycles. The molecule has 1 aliphatic rings. The highest BCUT2D eigenvalue weighted by molar-refractivity contribution is 5.72. The summed E-state index contributed by atoms with van der Waals surface area (Å²) in [5.41, 5.74) is 5.79. The maximum Gasteiger partial charge on any atom is 0.320 e. The van der Waals surface area contributed by atoms with Crippen LogP contribution >= 0.6 is 0 Å². The van der Waals surface area contributed by atoms with Crippen molar-refractivity contribution in [2.45, 2.75) is 51.6 Å². The Balaban J connectivity index is 2.72. The van der Waals surface area contributed by atoms with Crippen LogP contribution in [0.25, 0.3) is 0 Å².